The molecule has 0 bridgehead atoms. The van der Waals surface area contributed by atoms with E-state index in [9.17, 15) is 9.90 Å². The Kier molecular flexibility index (Phi) is 5.19. The van der Waals surface area contributed by atoms with E-state index in [4.69, 9.17) is 23.2 Å². The number of carbonyl (C=O) groups excluding carboxylic acids is 1. The number of carbonyl (C=O) groups is 1. The number of hydrogen-bond donors (Lipinski definition) is 2. The van der Waals surface area contributed by atoms with E-state index < -0.39 is 0 Å². The second-order valence-corrected chi connectivity index (χ2v) is 4.34. The van der Waals surface area contributed by atoms with Crippen molar-refractivity contribution in [2.75, 3.05) is 0 Å². The Morgan fingerprint density at radius 3 is 2.72 bits per heavy atom. The molecule has 0 aliphatic rings. The molecular weight excluding hydrogens is 275 g/mol. The van der Waals surface area contributed by atoms with Crippen LogP contribution in [-0.4, -0.2) is 17.2 Å². The minimum absolute atomic E-state index is 0.125. The number of phenolic OH excluding ortho intramolecular Hbond substituents is 1. The second-order valence-electron chi connectivity index (χ2n) is 3.50. The summed E-state index contributed by atoms with van der Waals surface area (Å²) in [5.74, 6) is -0.455. The van der Waals surface area contributed by atoms with Crippen LogP contribution in [0.1, 0.15) is 19.4 Å². The summed E-state index contributed by atoms with van der Waals surface area (Å²) >= 11 is 11.5. The maximum absolute atomic E-state index is 11.4. The van der Waals surface area contributed by atoms with E-state index >= 15 is 0 Å². The summed E-state index contributed by atoms with van der Waals surface area (Å²) in [6.45, 7) is 3.42. The van der Waals surface area contributed by atoms with Gasteiger partial charge in [0, 0.05) is 16.2 Å². The molecule has 0 fully saturated rings. The van der Waals surface area contributed by atoms with Gasteiger partial charge >= 0.3 is 0 Å². The number of nitrogens with zero attached hydrogens (tertiary/aromatic N) is 1. The van der Waals surface area contributed by atoms with E-state index in [0.29, 0.717) is 16.2 Å². The molecule has 18 heavy (non-hydrogen) atoms. The first-order valence-electron chi connectivity index (χ1n) is 5.10. The lowest BCUT2D eigenvalue weighted by Crippen LogP contribution is -2.18. The predicted octanol–water partition coefficient (Wildman–Crippen LogP) is 3.12. The van der Waals surface area contributed by atoms with E-state index in [1.807, 2.05) is 0 Å². The molecule has 6 heteroatoms. The van der Waals surface area contributed by atoms with Gasteiger partial charge in [0.1, 0.15) is 5.75 Å². The molecule has 96 valence electrons. The largest absolute Gasteiger partial charge is 0.506 e. The first-order chi connectivity index (χ1) is 8.45. The molecule has 0 spiro atoms. The van der Waals surface area contributed by atoms with E-state index in [1.54, 1.807) is 19.9 Å². The zero-order valence-corrected chi connectivity index (χ0v) is 11.4. The average molecular weight is 287 g/mol. The predicted molar refractivity (Wildman–Crippen MR) is 73.3 cm³/mol. The summed E-state index contributed by atoms with van der Waals surface area (Å²) in [5.41, 5.74) is 3.18. The average Bonchev–Trinajstić information content (AvgIpc) is 2.33. The van der Waals surface area contributed by atoms with Crippen molar-refractivity contribution in [1.29, 1.82) is 0 Å². The number of phenols is 1. The Hall–Kier alpha value is -1.52. The summed E-state index contributed by atoms with van der Waals surface area (Å²) in [6, 6.07) is 2.90. The van der Waals surface area contributed by atoms with Crippen molar-refractivity contribution in [1.82, 2.24) is 5.43 Å². The van der Waals surface area contributed by atoms with E-state index in [2.05, 4.69) is 10.5 Å². The topological polar surface area (TPSA) is 61.7 Å². The SMILES string of the molecule is C/C=C(/C)C(=O)N/N=C\c1cc(Cl)cc(Cl)c1O. The highest BCUT2D eigenvalue weighted by molar-refractivity contribution is 6.36. The highest BCUT2D eigenvalue weighted by Gasteiger charge is 2.06. The zero-order valence-electron chi connectivity index (χ0n) is 9.87. The molecule has 0 unspecified atom stereocenters. The molecule has 0 atom stereocenters. The number of benzene rings is 1. The van der Waals surface area contributed by atoms with Gasteiger partial charge in [-0.3, -0.25) is 4.79 Å². The van der Waals surface area contributed by atoms with Crippen LogP contribution in [0.25, 0.3) is 0 Å². The highest BCUT2D eigenvalue weighted by atomic mass is 35.5. The molecule has 0 aliphatic carbocycles. The number of allylic oxidation sites excluding steroid dienone is 1. The van der Waals surface area contributed by atoms with Crippen LogP contribution in [0, 0.1) is 0 Å². The molecule has 0 saturated heterocycles. The monoisotopic (exact) mass is 286 g/mol. The van der Waals surface area contributed by atoms with Crippen molar-refractivity contribution >= 4 is 35.3 Å². The molecule has 0 saturated carbocycles. The fraction of sp³-hybridized carbons (Fsp3) is 0.167. The molecule has 4 nitrogen and oxygen atoms in total. The van der Waals surface area contributed by atoms with Crippen LogP contribution < -0.4 is 5.43 Å². The van der Waals surface area contributed by atoms with Crippen LogP contribution >= 0.6 is 23.2 Å². The van der Waals surface area contributed by atoms with Crippen molar-refractivity contribution in [2.24, 2.45) is 5.10 Å². The molecule has 2 N–H and O–H groups in total. The molecule has 1 amide bonds. The van der Waals surface area contributed by atoms with Crippen LogP contribution in [0.3, 0.4) is 0 Å². The lowest BCUT2D eigenvalue weighted by atomic mass is 10.2. The lowest BCUT2D eigenvalue weighted by molar-refractivity contribution is -0.117. The standard InChI is InChI=1S/C12H12Cl2N2O2/c1-3-7(2)12(18)16-15-6-8-4-9(13)5-10(14)11(8)17/h3-6,17H,1-2H3,(H,16,18)/b7-3-,15-6-. The lowest BCUT2D eigenvalue weighted by Gasteiger charge is -2.02. The number of hydrazone groups is 1. The minimum atomic E-state index is -0.318. The van der Waals surface area contributed by atoms with Gasteiger partial charge in [-0.1, -0.05) is 29.3 Å². The Morgan fingerprint density at radius 2 is 2.11 bits per heavy atom. The third-order valence-corrected chi connectivity index (χ3v) is 2.72. The number of hydrogen-bond acceptors (Lipinski definition) is 3. The quantitative estimate of drug-likeness (QED) is 0.509. The van der Waals surface area contributed by atoms with Crippen LogP contribution in [0.15, 0.2) is 28.9 Å². The number of aromatic hydroxyl groups is 1. The molecule has 1 rings (SSSR count). The fourth-order valence-electron chi connectivity index (χ4n) is 1.06. The molecule has 0 aliphatic heterocycles. The molecule has 0 heterocycles. The van der Waals surface area contributed by atoms with E-state index in [-0.39, 0.29) is 16.7 Å². The molecular formula is C12H12Cl2N2O2. The Balaban J connectivity index is 2.83. The van der Waals surface area contributed by atoms with E-state index in [0.717, 1.165) is 0 Å². The fourth-order valence-corrected chi connectivity index (χ4v) is 1.57. The second kappa shape index (κ2) is 6.42. The first-order valence-corrected chi connectivity index (χ1v) is 5.85. The van der Waals surface area contributed by atoms with Crippen LogP contribution in [0.5, 0.6) is 5.75 Å². The van der Waals surface area contributed by atoms with Crippen molar-refractivity contribution in [3.05, 3.63) is 39.4 Å². The van der Waals surface area contributed by atoms with Crippen LogP contribution in [0.2, 0.25) is 10.0 Å². The van der Waals surface area contributed by atoms with Gasteiger partial charge in [-0.15, -0.1) is 0 Å². The van der Waals surface area contributed by atoms with Gasteiger partial charge in [0.25, 0.3) is 5.91 Å². The zero-order chi connectivity index (χ0) is 13.7. The van der Waals surface area contributed by atoms with Gasteiger partial charge < -0.3 is 5.11 Å². The van der Waals surface area contributed by atoms with Crippen LogP contribution in [-0.2, 0) is 4.79 Å². The summed E-state index contributed by atoms with van der Waals surface area (Å²) in [7, 11) is 0. The van der Waals surface area contributed by atoms with Gasteiger partial charge in [-0.05, 0) is 26.0 Å². The smallest absolute Gasteiger partial charge is 0.266 e. The van der Waals surface area contributed by atoms with Gasteiger partial charge in [-0.25, -0.2) is 5.43 Å². The highest BCUT2D eigenvalue weighted by Crippen LogP contribution is 2.29. The molecule has 1 aromatic rings. The number of amides is 1. The van der Waals surface area contributed by atoms with Gasteiger partial charge in [-0.2, -0.15) is 5.10 Å². The third kappa shape index (κ3) is 3.75. The Bertz CT molecular complexity index is 525. The Morgan fingerprint density at radius 1 is 1.44 bits per heavy atom. The number of nitrogens with one attached hydrogen (secondary N) is 1. The van der Waals surface area contributed by atoms with Crippen molar-refractivity contribution in [2.45, 2.75) is 13.8 Å². The third-order valence-electron chi connectivity index (χ3n) is 2.22. The maximum atomic E-state index is 11.4. The van der Waals surface area contributed by atoms with Crippen LogP contribution in [0.4, 0.5) is 0 Å². The van der Waals surface area contributed by atoms with Crippen molar-refractivity contribution in [3.63, 3.8) is 0 Å². The first kappa shape index (κ1) is 14.5. The van der Waals surface area contributed by atoms with Gasteiger partial charge in [0.2, 0.25) is 0 Å². The van der Waals surface area contributed by atoms with E-state index in [1.165, 1.54) is 18.3 Å². The Labute approximate surface area is 115 Å². The van der Waals surface area contributed by atoms with Gasteiger partial charge in [0.15, 0.2) is 0 Å². The van der Waals surface area contributed by atoms with Crippen molar-refractivity contribution < 1.29 is 9.90 Å². The summed E-state index contributed by atoms with van der Waals surface area (Å²) in [5, 5.41) is 13.8. The summed E-state index contributed by atoms with van der Waals surface area (Å²) in [4.78, 5) is 11.4. The number of rotatable bonds is 3. The molecule has 0 radical (unpaired) electrons. The molecule has 0 aromatic heterocycles. The van der Waals surface area contributed by atoms with Crippen molar-refractivity contribution in [3.8, 4) is 5.75 Å². The summed E-state index contributed by atoms with van der Waals surface area (Å²) < 4.78 is 0. The maximum Gasteiger partial charge on any atom is 0.266 e. The molecule has 1 aromatic carbocycles. The number of halogens is 2. The van der Waals surface area contributed by atoms with Gasteiger partial charge in [0.05, 0.1) is 11.2 Å². The minimum Gasteiger partial charge on any atom is -0.506 e. The normalized spacial score (nSPS) is 11.9. The summed E-state index contributed by atoms with van der Waals surface area (Å²) in [6.07, 6.45) is 2.94.